The zero-order valence-electron chi connectivity index (χ0n) is 13.5. The van der Waals surface area contributed by atoms with Crippen LogP contribution in [0.4, 0.5) is 5.69 Å². The molecule has 0 radical (unpaired) electrons. The van der Waals surface area contributed by atoms with E-state index >= 15 is 0 Å². The Bertz CT molecular complexity index is 765. The van der Waals surface area contributed by atoms with E-state index in [4.69, 9.17) is 4.74 Å². The molecule has 0 fully saturated rings. The lowest BCUT2D eigenvalue weighted by atomic mass is 10.2. The molecule has 1 unspecified atom stereocenters. The van der Waals surface area contributed by atoms with E-state index in [-0.39, 0.29) is 11.6 Å². The number of esters is 1. The van der Waals surface area contributed by atoms with Gasteiger partial charge in [-0.3, -0.25) is 14.2 Å². The van der Waals surface area contributed by atoms with Crippen molar-refractivity contribution >= 4 is 33.5 Å². The molecule has 0 aromatic carbocycles. The maximum Gasteiger partial charge on any atom is 0.358 e. The smallest absolute Gasteiger partial charge is 0.358 e. The Balaban J connectivity index is 2.26. The molecule has 9 heteroatoms. The highest BCUT2D eigenvalue weighted by molar-refractivity contribution is 9.10. The van der Waals surface area contributed by atoms with Crippen LogP contribution in [0.15, 0.2) is 10.7 Å². The Morgan fingerprint density at radius 1 is 1.39 bits per heavy atom. The molecule has 2 aromatic rings. The van der Waals surface area contributed by atoms with Crippen molar-refractivity contribution in [3.05, 3.63) is 27.8 Å². The Morgan fingerprint density at radius 2 is 2.04 bits per heavy atom. The maximum absolute atomic E-state index is 12.5. The molecule has 23 heavy (non-hydrogen) atoms. The van der Waals surface area contributed by atoms with Gasteiger partial charge in [0, 0.05) is 7.05 Å². The lowest BCUT2D eigenvalue weighted by molar-refractivity contribution is -0.119. The number of methoxy groups -OCH3 is 1. The van der Waals surface area contributed by atoms with Crippen LogP contribution >= 0.6 is 15.9 Å². The minimum atomic E-state index is -0.568. The molecule has 0 aliphatic heterocycles. The first-order valence-corrected chi connectivity index (χ1v) is 7.69. The number of aryl methyl sites for hydroxylation is 2. The van der Waals surface area contributed by atoms with Crippen LogP contribution < -0.4 is 5.32 Å². The van der Waals surface area contributed by atoms with Crippen molar-refractivity contribution < 1.29 is 14.3 Å². The number of amides is 1. The number of carbonyl (C=O) groups is 2. The normalized spacial score (nSPS) is 12.1. The summed E-state index contributed by atoms with van der Waals surface area (Å²) in [5, 5.41) is 11.0. The van der Waals surface area contributed by atoms with E-state index in [0.29, 0.717) is 5.69 Å². The van der Waals surface area contributed by atoms with Gasteiger partial charge < -0.3 is 10.1 Å². The average molecular weight is 384 g/mol. The number of hydrogen-bond acceptors (Lipinski definition) is 5. The molecule has 1 atom stereocenters. The van der Waals surface area contributed by atoms with Gasteiger partial charge in [-0.25, -0.2) is 4.79 Å². The molecule has 0 aliphatic carbocycles. The number of ether oxygens (including phenoxy) is 1. The summed E-state index contributed by atoms with van der Waals surface area (Å²) >= 11 is 3.44. The second kappa shape index (κ2) is 6.53. The molecule has 0 spiro atoms. The predicted octanol–water partition coefficient (Wildman–Crippen LogP) is 1.98. The first-order chi connectivity index (χ1) is 10.8. The van der Waals surface area contributed by atoms with Gasteiger partial charge in [-0.15, -0.1) is 0 Å². The van der Waals surface area contributed by atoms with Crippen molar-refractivity contribution in [1.29, 1.82) is 0 Å². The van der Waals surface area contributed by atoms with Crippen LogP contribution in [0.2, 0.25) is 0 Å². The van der Waals surface area contributed by atoms with Crippen LogP contribution in [0.25, 0.3) is 0 Å². The predicted molar refractivity (Wildman–Crippen MR) is 87.3 cm³/mol. The highest BCUT2D eigenvalue weighted by atomic mass is 79.9. The number of aromatic nitrogens is 4. The molecule has 0 aliphatic rings. The molecule has 2 aromatic heterocycles. The summed E-state index contributed by atoms with van der Waals surface area (Å²) in [6.07, 6.45) is 1.41. The molecule has 124 valence electrons. The van der Waals surface area contributed by atoms with E-state index < -0.39 is 12.0 Å². The van der Waals surface area contributed by atoms with Crippen LogP contribution in [0.3, 0.4) is 0 Å². The van der Waals surface area contributed by atoms with Gasteiger partial charge in [-0.2, -0.15) is 10.2 Å². The van der Waals surface area contributed by atoms with Crippen molar-refractivity contribution in [3.8, 4) is 0 Å². The fraction of sp³-hybridized carbons (Fsp3) is 0.429. The maximum atomic E-state index is 12.5. The molecule has 1 amide bonds. The largest absolute Gasteiger partial charge is 0.464 e. The molecular weight excluding hydrogens is 366 g/mol. The molecule has 2 rings (SSSR count). The quantitative estimate of drug-likeness (QED) is 0.815. The highest BCUT2D eigenvalue weighted by Crippen LogP contribution is 2.24. The van der Waals surface area contributed by atoms with Gasteiger partial charge in [-0.1, -0.05) is 0 Å². The number of hydrogen-bond donors (Lipinski definition) is 1. The second-order valence-electron chi connectivity index (χ2n) is 5.12. The van der Waals surface area contributed by atoms with Crippen LogP contribution in [-0.2, 0) is 16.6 Å². The summed E-state index contributed by atoms with van der Waals surface area (Å²) in [6.45, 7) is 5.46. The van der Waals surface area contributed by atoms with Crippen molar-refractivity contribution in [2.45, 2.75) is 26.8 Å². The van der Waals surface area contributed by atoms with E-state index in [1.165, 1.54) is 18.0 Å². The number of halogens is 1. The standard InChI is InChI=1S/C14H18BrN5O3/c1-7-11(15)8(2)20(18-7)9(3)13(21)17-10-6-16-19(4)12(10)14(22)23-5/h6,9H,1-5H3,(H,17,21). The minimum Gasteiger partial charge on any atom is -0.464 e. The fourth-order valence-corrected chi connectivity index (χ4v) is 2.50. The zero-order valence-corrected chi connectivity index (χ0v) is 15.1. The number of carbonyl (C=O) groups excluding carboxylic acids is 2. The van der Waals surface area contributed by atoms with Crippen LogP contribution in [0.5, 0.6) is 0 Å². The monoisotopic (exact) mass is 383 g/mol. The van der Waals surface area contributed by atoms with Crippen molar-refractivity contribution in [2.24, 2.45) is 7.05 Å². The van der Waals surface area contributed by atoms with Crippen LogP contribution in [0.1, 0.15) is 34.8 Å². The first kappa shape index (κ1) is 17.2. The number of nitrogens with zero attached hydrogens (tertiary/aromatic N) is 4. The van der Waals surface area contributed by atoms with E-state index in [2.05, 4.69) is 31.4 Å². The Labute approximate surface area is 141 Å². The van der Waals surface area contributed by atoms with Gasteiger partial charge >= 0.3 is 5.97 Å². The average Bonchev–Trinajstić information content (AvgIpc) is 3.00. The Morgan fingerprint density at radius 3 is 2.57 bits per heavy atom. The summed E-state index contributed by atoms with van der Waals surface area (Å²) in [5.41, 5.74) is 2.14. The molecule has 1 N–H and O–H groups in total. The van der Waals surface area contributed by atoms with Gasteiger partial charge in [0.15, 0.2) is 5.69 Å². The molecular formula is C14H18BrN5O3. The minimum absolute atomic E-state index is 0.183. The molecule has 0 saturated heterocycles. The summed E-state index contributed by atoms with van der Waals surface area (Å²) in [6, 6.07) is -0.550. The van der Waals surface area contributed by atoms with E-state index in [0.717, 1.165) is 15.9 Å². The van der Waals surface area contributed by atoms with Gasteiger partial charge in [0.25, 0.3) is 0 Å². The highest BCUT2D eigenvalue weighted by Gasteiger charge is 2.24. The van der Waals surface area contributed by atoms with Crippen LogP contribution in [-0.4, -0.2) is 38.5 Å². The molecule has 8 nitrogen and oxygen atoms in total. The summed E-state index contributed by atoms with van der Waals surface area (Å²) in [4.78, 5) is 24.3. The lowest BCUT2D eigenvalue weighted by Gasteiger charge is -2.14. The summed E-state index contributed by atoms with van der Waals surface area (Å²) in [5.74, 6) is -0.872. The third kappa shape index (κ3) is 3.14. The molecule has 0 saturated carbocycles. The van der Waals surface area contributed by atoms with E-state index in [1.54, 1.807) is 18.7 Å². The first-order valence-electron chi connectivity index (χ1n) is 6.90. The third-order valence-electron chi connectivity index (χ3n) is 3.56. The Kier molecular flexibility index (Phi) is 4.88. The molecule has 2 heterocycles. The fourth-order valence-electron chi connectivity index (χ4n) is 2.24. The van der Waals surface area contributed by atoms with Gasteiger partial charge in [0.2, 0.25) is 5.91 Å². The second-order valence-corrected chi connectivity index (χ2v) is 5.91. The SMILES string of the molecule is COC(=O)c1c(NC(=O)C(C)n2nc(C)c(Br)c2C)cnn1C. The van der Waals surface area contributed by atoms with Gasteiger partial charge in [-0.05, 0) is 36.7 Å². The van der Waals surface area contributed by atoms with Crippen molar-refractivity contribution in [2.75, 3.05) is 12.4 Å². The van der Waals surface area contributed by atoms with Crippen molar-refractivity contribution in [1.82, 2.24) is 19.6 Å². The lowest BCUT2D eigenvalue weighted by Crippen LogP contribution is -2.26. The number of nitrogens with one attached hydrogen (secondary N) is 1. The van der Waals surface area contributed by atoms with E-state index in [1.807, 2.05) is 13.8 Å². The number of rotatable bonds is 4. The van der Waals surface area contributed by atoms with Gasteiger partial charge in [0.05, 0.1) is 34.9 Å². The third-order valence-corrected chi connectivity index (χ3v) is 4.71. The van der Waals surface area contributed by atoms with Crippen LogP contribution in [0, 0.1) is 13.8 Å². The van der Waals surface area contributed by atoms with Crippen molar-refractivity contribution in [3.63, 3.8) is 0 Å². The molecule has 0 bridgehead atoms. The van der Waals surface area contributed by atoms with E-state index in [9.17, 15) is 9.59 Å². The Hall–Kier alpha value is -2.16. The van der Waals surface area contributed by atoms with Gasteiger partial charge in [0.1, 0.15) is 6.04 Å². The zero-order chi connectivity index (χ0) is 17.3. The number of anilines is 1. The topological polar surface area (TPSA) is 91.0 Å². The summed E-state index contributed by atoms with van der Waals surface area (Å²) in [7, 11) is 2.88. The summed E-state index contributed by atoms with van der Waals surface area (Å²) < 4.78 is 8.56.